The molecule has 1 atom stereocenters. The fourth-order valence-electron chi connectivity index (χ4n) is 2.37. The maximum atomic E-state index is 5.69. The molecule has 0 bridgehead atoms. The van der Waals surface area contributed by atoms with E-state index < -0.39 is 0 Å². The fraction of sp³-hybridized carbons (Fsp3) is 0.769. The number of ether oxygens (including phenoxy) is 1. The highest BCUT2D eigenvalue weighted by atomic mass is 32.1. The van der Waals surface area contributed by atoms with Gasteiger partial charge in [0.15, 0.2) is 0 Å². The largest absolute Gasteiger partial charge is 0.379 e. The third kappa shape index (κ3) is 2.69. The Hall–Kier alpha value is -0.450. The zero-order valence-corrected chi connectivity index (χ0v) is 12.0. The second-order valence-electron chi connectivity index (χ2n) is 5.20. The summed E-state index contributed by atoms with van der Waals surface area (Å²) in [4.78, 5) is 6.05. The van der Waals surface area contributed by atoms with Crippen LogP contribution in [0.2, 0.25) is 0 Å². The van der Waals surface area contributed by atoms with Crippen LogP contribution in [0.25, 0.3) is 0 Å². The van der Waals surface area contributed by atoms with E-state index in [1.807, 2.05) is 11.3 Å². The first-order chi connectivity index (χ1) is 8.03. The molecule has 1 aromatic rings. The van der Waals surface area contributed by atoms with Gasteiger partial charge in [-0.3, -0.25) is 0 Å². The smallest absolute Gasteiger partial charge is 0.116 e. The Morgan fingerprint density at radius 3 is 2.65 bits per heavy atom. The van der Waals surface area contributed by atoms with Gasteiger partial charge in [0.1, 0.15) is 5.01 Å². The van der Waals surface area contributed by atoms with Crippen LogP contribution >= 0.6 is 11.3 Å². The Bertz CT molecular complexity index is 361. The second-order valence-corrected chi connectivity index (χ2v) is 6.40. The lowest BCUT2D eigenvalue weighted by atomic mass is 9.92. The van der Waals surface area contributed by atoms with Crippen LogP contribution in [-0.2, 0) is 10.3 Å². The Labute approximate surface area is 108 Å². The standard InChI is InChI=1S/C13H22N2OS/c1-9(2)15-13(6-5-7-16-8-13)12-14-10(3)11(4)17-12/h9,15H,5-8H2,1-4H3. The summed E-state index contributed by atoms with van der Waals surface area (Å²) in [5, 5.41) is 4.87. The normalized spacial score (nSPS) is 25.5. The molecule has 2 rings (SSSR count). The number of hydrogen-bond donors (Lipinski definition) is 1. The van der Waals surface area contributed by atoms with Gasteiger partial charge in [-0.05, 0) is 40.5 Å². The summed E-state index contributed by atoms with van der Waals surface area (Å²) in [5.74, 6) is 0. The average Bonchev–Trinajstić information content (AvgIpc) is 2.60. The summed E-state index contributed by atoms with van der Waals surface area (Å²) in [7, 11) is 0. The van der Waals surface area contributed by atoms with Crippen LogP contribution in [-0.4, -0.2) is 24.2 Å². The highest BCUT2D eigenvalue weighted by Gasteiger charge is 2.38. The van der Waals surface area contributed by atoms with Crippen molar-refractivity contribution in [2.24, 2.45) is 0 Å². The van der Waals surface area contributed by atoms with Crippen LogP contribution in [0.15, 0.2) is 0 Å². The van der Waals surface area contributed by atoms with Gasteiger partial charge in [0.2, 0.25) is 0 Å². The van der Waals surface area contributed by atoms with E-state index in [2.05, 4.69) is 33.0 Å². The molecule has 3 nitrogen and oxygen atoms in total. The van der Waals surface area contributed by atoms with Crippen molar-refractivity contribution in [3.05, 3.63) is 15.6 Å². The van der Waals surface area contributed by atoms with Crippen molar-refractivity contribution in [1.29, 1.82) is 0 Å². The second kappa shape index (κ2) is 5.04. The summed E-state index contributed by atoms with van der Waals surface area (Å²) in [6.45, 7) is 10.2. The quantitative estimate of drug-likeness (QED) is 0.900. The van der Waals surface area contributed by atoms with Gasteiger partial charge in [-0.2, -0.15) is 0 Å². The summed E-state index contributed by atoms with van der Waals surface area (Å²) in [6.07, 6.45) is 2.23. The summed E-state index contributed by atoms with van der Waals surface area (Å²) in [6, 6.07) is 0.446. The van der Waals surface area contributed by atoms with E-state index >= 15 is 0 Å². The molecule has 1 fully saturated rings. The van der Waals surface area contributed by atoms with Crippen molar-refractivity contribution in [1.82, 2.24) is 10.3 Å². The molecule has 2 heterocycles. The topological polar surface area (TPSA) is 34.2 Å². The summed E-state index contributed by atoms with van der Waals surface area (Å²) >= 11 is 1.81. The third-order valence-corrected chi connectivity index (χ3v) is 4.52. The first-order valence-corrected chi connectivity index (χ1v) is 7.15. The molecule has 1 aromatic heterocycles. The van der Waals surface area contributed by atoms with Gasteiger partial charge in [0, 0.05) is 17.5 Å². The van der Waals surface area contributed by atoms with Gasteiger partial charge < -0.3 is 10.1 Å². The molecule has 0 radical (unpaired) electrons. The molecule has 1 aliphatic heterocycles. The lowest BCUT2D eigenvalue weighted by Crippen LogP contribution is -2.51. The lowest BCUT2D eigenvalue weighted by Gasteiger charge is -2.37. The average molecular weight is 254 g/mol. The summed E-state index contributed by atoms with van der Waals surface area (Å²) < 4.78 is 5.69. The predicted octanol–water partition coefficient (Wildman–Crippen LogP) is 2.76. The van der Waals surface area contributed by atoms with E-state index in [4.69, 9.17) is 9.72 Å². The van der Waals surface area contributed by atoms with Crippen LogP contribution in [0.3, 0.4) is 0 Å². The first-order valence-electron chi connectivity index (χ1n) is 6.33. The van der Waals surface area contributed by atoms with Gasteiger partial charge in [-0.25, -0.2) is 4.98 Å². The molecule has 0 saturated carbocycles. The number of aromatic nitrogens is 1. The third-order valence-electron chi connectivity index (χ3n) is 3.24. The molecule has 1 aliphatic rings. The maximum absolute atomic E-state index is 5.69. The van der Waals surface area contributed by atoms with E-state index in [9.17, 15) is 0 Å². The Morgan fingerprint density at radius 2 is 2.18 bits per heavy atom. The highest BCUT2D eigenvalue weighted by molar-refractivity contribution is 7.11. The van der Waals surface area contributed by atoms with Crippen molar-refractivity contribution in [3.8, 4) is 0 Å². The molecule has 1 N–H and O–H groups in total. The first kappa shape index (κ1) is 13.0. The van der Waals surface area contributed by atoms with E-state index in [-0.39, 0.29) is 5.54 Å². The van der Waals surface area contributed by atoms with Crippen molar-refractivity contribution in [2.75, 3.05) is 13.2 Å². The molecular weight excluding hydrogens is 232 g/mol. The van der Waals surface area contributed by atoms with Gasteiger partial charge in [-0.1, -0.05) is 0 Å². The van der Waals surface area contributed by atoms with E-state index in [1.165, 1.54) is 9.88 Å². The Morgan fingerprint density at radius 1 is 1.41 bits per heavy atom. The number of hydrogen-bond acceptors (Lipinski definition) is 4. The van der Waals surface area contributed by atoms with E-state index in [0.29, 0.717) is 6.04 Å². The minimum Gasteiger partial charge on any atom is -0.379 e. The molecule has 17 heavy (non-hydrogen) atoms. The van der Waals surface area contributed by atoms with Crippen LogP contribution in [0, 0.1) is 13.8 Å². The molecule has 1 saturated heterocycles. The van der Waals surface area contributed by atoms with Crippen LogP contribution in [0.1, 0.15) is 42.3 Å². The monoisotopic (exact) mass is 254 g/mol. The summed E-state index contributed by atoms with van der Waals surface area (Å²) in [5.41, 5.74) is 1.09. The number of rotatable bonds is 3. The van der Waals surface area contributed by atoms with Crippen molar-refractivity contribution >= 4 is 11.3 Å². The Balaban J connectivity index is 2.31. The van der Waals surface area contributed by atoms with Crippen molar-refractivity contribution < 1.29 is 4.74 Å². The van der Waals surface area contributed by atoms with Gasteiger partial charge >= 0.3 is 0 Å². The zero-order valence-electron chi connectivity index (χ0n) is 11.2. The van der Waals surface area contributed by atoms with E-state index in [0.717, 1.165) is 31.7 Å². The number of nitrogens with zero attached hydrogens (tertiary/aromatic N) is 1. The molecule has 96 valence electrons. The lowest BCUT2D eigenvalue weighted by molar-refractivity contribution is 0.0140. The molecule has 1 unspecified atom stereocenters. The van der Waals surface area contributed by atoms with Gasteiger partial charge in [0.25, 0.3) is 0 Å². The SMILES string of the molecule is Cc1nc(C2(NC(C)C)CCCOC2)sc1C. The molecule has 0 aromatic carbocycles. The Kier molecular flexibility index (Phi) is 3.85. The molecule has 0 aliphatic carbocycles. The molecule has 0 amide bonds. The predicted molar refractivity (Wildman–Crippen MR) is 71.6 cm³/mol. The number of nitrogens with one attached hydrogen (secondary N) is 1. The van der Waals surface area contributed by atoms with Gasteiger partial charge in [0.05, 0.1) is 17.8 Å². The molecular formula is C13H22N2OS. The van der Waals surface area contributed by atoms with Crippen LogP contribution in [0.4, 0.5) is 0 Å². The van der Waals surface area contributed by atoms with Crippen LogP contribution in [0.5, 0.6) is 0 Å². The maximum Gasteiger partial charge on any atom is 0.116 e. The minimum atomic E-state index is -0.0594. The van der Waals surface area contributed by atoms with Gasteiger partial charge in [-0.15, -0.1) is 11.3 Å². The van der Waals surface area contributed by atoms with E-state index in [1.54, 1.807) is 0 Å². The molecule has 4 heteroatoms. The fourth-order valence-corrected chi connectivity index (χ4v) is 3.45. The number of aryl methyl sites for hydroxylation is 2. The minimum absolute atomic E-state index is 0.0594. The van der Waals surface area contributed by atoms with Crippen molar-refractivity contribution in [3.63, 3.8) is 0 Å². The van der Waals surface area contributed by atoms with Crippen LogP contribution < -0.4 is 5.32 Å². The highest BCUT2D eigenvalue weighted by Crippen LogP contribution is 2.34. The zero-order chi connectivity index (χ0) is 12.5. The molecule has 0 spiro atoms. The van der Waals surface area contributed by atoms with Crippen molar-refractivity contribution in [2.45, 2.75) is 52.1 Å². The number of thiazole rings is 1.